The van der Waals surface area contributed by atoms with Crippen molar-refractivity contribution in [3.63, 3.8) is 0 Å². The van der Waals surface area contributed by atoms with Crippen LogP contribution in [0, 0.1) is 21.4 Å². The van der Waals surface area contributed by atoms with Crippen molar-refractivity contribution in [1.29, 1.82) is 5.26 Å². The largest absolute Gasteiger partial charge is 0.367 e. The molecule has 8 heteroatoms. The quantitative estimate of drug-likeness (QED) is 0.486. The Morgan fingerprint density at radius 2 is 2.18 bits per heavy atom. The summed E-state index contributed by atoms with van der Waals surface area (Å²) in [4.78, 5) is 9.72. The van der Waals surface area contributed by atoms with Crippen LogP contribution in [0.5, 0.6) is 0 Å². The third kappa shape index (κ3) is 2.92. The van der Waals surface area contributed by atoms with Gasteiger partial charge >= 0.3 is 5.69 Å². The summed E-state index contributed by atoms with van der Waals surface area (Å²) in [5, 5.41) is 21.7. The molecule has 0 aliphatic heterocycles. The van der Waals surface area contributed by atoms with Crippen molar-refractivity contribution in [2.75, 3.05) is 18.1 Å². The third-order valence-electron chi connectivity index (χ3n) is 1.94. The first kappa shape index (κ1) is 12.9. The Kier molecular flexibility index (Phi) is 3.65. The smallest absolute Gasteiger partial charge is 0.310 e. The molecule has 0 saturated carbocycles. The molecule has 1 aromatic carbocycles. The van der Waals surface area contributed by atoms with Crippen LogP contribution in [0.4, 0.5) is 11.4 Å². The molecule has 0 bridgehead atoms. The van der Waals surface area contributed by atoms with E-state index < -0.39 is 20.4 Å². The zero-order valence-corrected chi connectivity index (χ0v) is 9.69. The number of para-hydroxylation sites is 1. The monoisotopic (exact) mass is 255 g/mol. The number of benzene rings is 1. The van der Waals surface area contributed by atoms with E-state index in [-0.39, 0.29) is 17.1 Å². The number of hydrogen-bond donors (Lipinski definition) is 1. The predicted octanol–water partition coefficient (Wildman–Crippen LogP) is 0.934. The van der Waals surface area contributed by atoms with Gasteiger partial charge in [-0.25, -0.2) is 8.42 Å². The second kappa shape index (κ2) is 4.80. The topological polar surface area (TPSA) is 113 Å². The van der Waals surface area contributed by atoms with Crippen LogP contribution in [0.2, 0.25) is 0 Å². The van der Waals surface area contributed by atoms with Crippen LogP contribution >= 0.6 is 0 Å². The average molecular weight is 255 g/mol. The van der Waals surface area contributed by atoms with Crippen LogP contribution in [0.25, 0.3) is 0 Å². The van der Waals surface area contributed by atoms with Gasteiger partial charge in [0.1, 0.15) is 17.1 Å². The van der Waals surface area contributed by atoms with Crippen molar-refractivity contribution < 1.29 is 13.3 Å². The third-order valence-corrected chi connectivity index (χ3v) is 3.07. The molecule has 0 fully saturated rings. The van der Waals surface area contributed by atoms with Gasteiger partial charge in [0.15, 0.2) is 9.84 Å². The summed E-state index contributed by atoms with van der Waals surface area (Å²) in [6, 6.07) is 5.64. The number of nitro benzene ring substituents is 1. The summed E-state index contributed by atoms with van der Waals surface area (Å²) >= 11 is 0. The van der Waals surface area contributed by atoms with Crippen LogP contribution < -0.4 is 5.32 Å². The maximum atomic E-state index is 11.4. The molecule has 1 rings (SSSR count). The zero-order valence-electron chi connectivity index (χ0n) is 8.87. The minimum absolute atomic E-state index is 0.0134. The molecule has 0 amide bonds. The lowest BCUT2D eigenvalue weighted by atomic mass is 10.2. The van der Waals surface area contributed by atoms with Crippen molar-refractivity contribution in [2.24, 2.45) is 0 Å². The van der Waals surface area contributed by atoms with Gasteiger partial charge < -0.3 is 5.32 Å². The fourth-order valence-corrected chi connectivity index (χ4v) is 2.15. The van der Waals surface area contributed by atoms with E-state index in [2.05, 4.69) is 5.32 Å². The number of nitrogens with zero attached hydrogens (tertiary/aromatic N) is 2. The Morgan fingerprint density at radius 1 is 1.53 bits per heavy atom. The SMILES string of the molecule is CS(=O)(=O)c1cccc(NCC#N)c1[N+](=O)[O-]. The van der Waals surface area contributed by atoms with Gasteiger partial charge in [0.2, 0.25) is 0 Å². The highest BCUT2D eigenvalue weighted by Gasteiger charge is 2.25. The second-order valence-electron chi connectivity index (χ2n) is 3.19. The van der Waals surface area contributed by atoms with Gasteiger partial charge in [-0.1, -0.05) is 6.07 Å². The molecule has 0 aliphatic rings. The van der Waals surface area contributed by atoms with Crippen LogP contribution in [0.15, 0.2) is 23.1 Å². The number of sulfone groups is 1. The van der Waals surface area contributed by atoms with E-state index >= 15 is 0 Å². The Bertz CT molecular complexity index is 589. The van der Waals surface area contributed by atoms with Gasteiger partial charge in [-0.3, -0.25) is 10.1 Å². The lowest BCUT2D eigenvalue weighted by molar-refractivity contribution is -0.386. The van der Waals surface area contributed by atoms with Gasteiger partial charge in [0.25, 0.3) is 0 Å². The lowest BCUT2D eigenvalue weighted by Crippen LogP contribution is -2.07. The maximum absolute atomic E-state index is 11.4. The summed E-state index contributed by atoms with van der Waals surface area (Å²) in [6.07, 6.45) is 0.892. The molecule has 0 heterocycles. The van der Waals surface area contributed by atoms with Gasteiger partial charge in [-0.05, 0) is 12.1 Å². The maximum Gasteiger partial charge on any atom is 0.310 e. The fraction of sp³-hybridized carbons (Fsp3) is 0.222. The van der Waals surface area contributed by atoms with Crippen molar-refractivity contribution in [1.82, 2.24) is 0 Å². The number of rotatable bonds is 4. The Balaban J connectivity index is 3.44. The molecule has 0 atom stereocenters. The predicted molar refractivity (Wildman–Crippen MR) is 60.3 cm³/mol. The summed E-state index contributed by atoms with van der Waals surface area (Å²) in [5.74, 6) is 0. The zero-order chi connectivity index (χ0) is 13.1. The number of nitro groups is 1. The minimum atomic E-state index is -3.69. The van der Waals surface area contributed by atoms with Gasteiger partial charge in [-0.2, -0.15) is 5.26 Å². The first-order chi connectivity index (χ1) is 7.88. The highest BCUT2D eigenvalue weighted by atomic mass is 32.2. The van der Waals surface area contributed by atoms with E-state index in [0.29, 0.717) is 0 Å². The molecule has 0 aliphatic carbocycles. The van der Waals surface area contributed by atoms with Crippen molar-refractivity contribution in [3.05, 3.63) is 28.3 Å². The summed E-state index contributed by atoms with van der Waals surface area (Å²) < 4.78 is 22.8. The van der Waals surface area contributed by atoms with Crippen molar-refractivity contribution in [2.45, 2.75) is 4.90 Å². The van der Waals surface area contributed by atoms with Gasteiger partial charge in [0.05, 0.1) is 11.0 Å². The van der Waals surface area contributed by atoms with Crippen molar-refractivity contribution in [3.8, 4) is 6.07 Å². The van der Waals surface area contributed by atoms with E-state index in [4.69, 9.17) is 5.26 Å². The van der Waals surface area contributed by atoms with E-state index in [0.717, 1.165) is 12.3 Å². The molecule has 1 aromatic rings. The van der Waals surface area contributed by atoms with Crippen LogP contribution in [-0.2, 0) is 9.84 Å². The molecule has 17 heavy (non-hydrogen) atoms. The minimum Gasteiger partial charge on any atom is -0.367 e. The molecule has 0 spiro atoms. The Hall–Kier alpha value is -2.14. The average Bonchev–Trinajstić information content (AvgIpc) is 2.24. The molecular formula is C9H9N3O4S. The van der Waals surface area contributed by atoms with E-state index in [1.807, 2.05) is 0 Å². The van der Waals surface area contributed by atoms with Gasteiger partial charge in [-0.15, -0.1) is 0 Å². The molecule has 0 saturated heterocycles. The van der Waals surface area contributed by atoms with Crippen LogP contribution in [0.1, 0.15) is 0 Å². The number of nitriles is 1. The molecule has 0 aromatic heterocycles. The number of nitrogens with one attached hydrogen (secondary N) is 1. The normalized spacial score (nSPS) is 10.6. The number of hydrogen-bond acceptors (Lipinski definition) is 6. The Morgan fingerprint density at radius 3 is 2.65 bits per heavy atom. The first-order valence-electron chi connectivity index (χ1n) is 4.46. The molecule has 0 unspecified atom stereocenters. The summed E-state index contributed by atoms with van der Waals surface area (Å²) in [6.45, 7) is -0.145. The molecule has 0 radical (unpaired) electrons. The summed E-state index contributed by atoms with van der Waals surface area (Å²) in [5.41, 5.74) is -0.523. The lowest BCUT2D eigenvalue weighted by Gasteiger charge is -2.06. The Labute approximate surface area is 97.7 Å². The summed E-state index contributed by atoms with van der Waals surface area (Å²) in [7, 11) is -3.69. The highest BCUT2D eigenvalue weighted by Crippen LogP contribution is 2.31. The van der Waals surface area contributed by atoms with Crippen molar-refractivity contribution >= 4 is 21.2 Å². The molecule has 90 valence electrons. The fourth-order valence-electron chi connectivity index (χ4n) is 1.29. The first-order valence-corrected chi connectivity index (χ1v) is 6.35. The second-order valence-corrected chi connectivity index (χ2v) is 5.18. The number of anilines is 1. The van der Waals surface area contributed by atoms with E-state index in [9.17, 15) is 18.5 Å². The molecule has 1 N–H and O–H groups in total. The highest BCUT2D eigenvalue weighted by molar-refractivity contribution is 7.90. The van der Waals surface area contributed by atoms with E-state index in [1.165, 1.54) is 12.1 Å². The van der Waals surface area contributed by atoms with E-state index in [1.54, 1.807) is 6.07 Å². The molecular weight excluding hydrogens is 246 g/mol. The van der Waals surface area contributed by atoms with Gasteiger partial charge in [0, 0.05) is 6.26 Å². The molecule has 7 nitrogen and oxygen atoms in total. The van der Waals surface area contributed by atoms with Crippen LogP contribution in [-0.4, -0.2) is 26.1 Å². The van der Waals surface area contributed by atoms with Crippen LogP contribution in [0.3, 0.4) is 0 Å². The standard InChI is InChI=1S/C9H9N3O4S/c1-17(15,16)8-4-2-3-7(11-6-5-10)9(8)12(13)14/h2-4,11H,6H2,1H3.